The quantitative estimate of drug-likeness (QED) is 0.648. The number of benzene rings is 1. The molecule has 94 valence electrons. The first-order valence-electron chi connectivity index (χ1n) is 5.86. The Balaban J connectivity index is 2.65. The number of anilines is 1. The lowest BCUT2D eigenvalue weighted by atomic mass is 10.1. The maximum Gasteiger partial charge on any atom is 0.253 e. The third kappa shape index (κ3) is 3.93. The summed E-state index contributed by atoms with van der Waals surface area (Å²) in [5.74, 6) is -0.0111. The summed E-state index contributed by atoms with van der Waals surface area (Å²) < 4.78 is 0. The molecule has 0 heterocycles. The van der Waals surface area contributed by atoms with E-state index in [0.29, 0.717) is 16.3 Å². The lowest BCUT2D eigenvalue weighted by Gasteiger charge is -2.17. The molecule has 0 saturated carbocycles. The third-order valence-corrected chi connectivity index (χ3v) is 3.02. The van der Waals surface area contributed by atoms with Gasteiger partial charge in [0.1, 0.15) is 0 Å². The molecule has 0 spiro atoms. The topological polar surface area (TPSA) is 46.3 Å². The first-order valence-corrected chi connectivity index (χ1v) is 6.24. The van der Waals surface area contributed by atoms with Crippen LogP contribution in [-0.4, -0.2) is 24.4 Å². The number of carbonyl (C=O) groups is 1. The summed E-state index contributed by atoms with van der Waals surface area (Å²) in [5, 5.41) is 0.429. The normalized spacial score (nSPS) is 10.3. The van der Waals surface area contributed by atoms with Gasteiger partial charge >= 0.3 is 0 Å². The number of carbonyl (C=O) groups excluding carboxylic acids is 1. The van der Waals surface area contributed by atoms with Gasteiger partial charge in [-0.15, -0.1) is 0 Å². The smallest absolute Gasteiger partial charge is 0.253 e. The van der Waals surface area contributed by atoms with Gasteiger partial charge < -0.3 is 10.6 Å². The van der Waals surface area contributed by atoms with E-state index in [-0.39, 0.29) is 5.91 Å². The number of unbranched alkanes of at least 4 members (excludes halogenated alkanes) is 2. The minimum absolute atomic E-state index is 0.0111. The fourth-order valence-electron chi connectivity index (χ4n) is 1.58. The van der Waals surface area contributed by atoms with Gasteiger partial charge in [-0.2, -0.15) is 0 Å². The van der Waals surface area contributed by atoms with Gasteiger partial charge in [0, 0.05) is 19.2 Å². The molecule has 0 aromatic heterocycles. The Hall–Kier alpha value is -1.22. The van der Waals surface area contributed by atoms with Gasteiger partial charge in [-0.05, 0) is 24.6 Å². The first-order chi connectivity index (χ1) is 8.06. The summed E-state index contributed by atoms with van der Waals surface area (Å²) in [7, 11) is 1.81. The molecule has 0 bridgehead atoms. The van der Waals surface area contributed by atoms with Crippen LogP contribution >= 0.6 is 11.6 Å². The molecule has 4 heteroatoms. The zero-order valence-electron chi connectivity index (χ0n) is 10.4. The molecule has 17 heavy (non-hydrogen) atoms. The first kappa shape index (κ1) is 13.8. The standard InChI is InChI=1S/C13H19ClN2O/c1-3-4-5-8-16(2)13(17)10-6-7-12(15)11(14)9-10/h6-7,9H,3-5,8,15H2,1-2H3. The maximum atomic E-state index is 12.0. The Labute approximate surface area is 108 Å². The second-order valence-corrected chi connectivity index (χ2v) is 4.58. The SMILES string of the molecule is CCCCCN(C)C(=O)c1ccc(N)c(Cl)c1. The fraction of sp³-hybridized carbons (Fsp3) is 0.462. The average Bonchev–Trinajstić information content (AvgIpc) is 2.32. The largest absolute Gasteiger partial charge is 0.398 e. The molecule has 0 unspecified atom stereocenters. The molecule has 0 radical (unpaired) electrons. The van der Waals surface area contributed by atoms with Crippen LogP contribution in [0.1, 0.15) is 36.5 Å². The van der Waals surface area contributed by atoms with E-state index in [4.69, 9.17) is 17.3 Å². The molecular formula is C13H19ClN2O. The van der Waals surface area contributed by atoms with Gasteiger partial charge in [-0.1, -0.05) is 31.4 Å². The molecular weight excluding hydrogens is 236 g/mol. The van der Waals surface area contributed by atoms with Gasteiger partial charge in [0.05, 0.1) is 10.7 Å². The number of hydrogen-bond acceptors (Lipinski definition) is 2. The van der Waals surface area contributed by atoms with Crippen LogP contribution in [0.25, 0.3) is 0 Å². The van der Waals surface area contributed by atoms with Crippen LogP contribution in [0.15, 0.2) is 18.2 Å². The molecule has 0 fully saturated rings. The molecule has 0 aliphatic rings. The number of nitrogens with zero attached hydrogens (tertiary/aromatic N) is 1. The zero-order valence-corrected chi connectivity index (χ0v) is 11.1. The second kappa shape index (κ2) is 6.50. The predicted molar refractivity (Wildman–Crippen MR) is 72.3 cm³/mol. The van der Waals surface area contributed by atoms with E-state index in [1.165, 1.54) is 0 Å². The van der Waals surface area contributed by atoms with Crippen molar-refractivity contribution in [2.75, 3.05) is 19.3 Å². The highest BCUT2D eigenvalue weighted by Gasteiger charge is 2.12. The minimum atomic E-state index is -0.0111. The number of rotatable bonds is 5. The van der Waals surface area contributed by atoms with E-state index in [0.717, 1.165) is 25.8 Å². The summed E-state index contributed by atoms with van der Waals surface area (Å²) >= 11 is 5.89. The van der Waals surface area contributed by atoms with Crippen molar-refractivity contribution < 1.29 is 4.79 Å². The number of hydrogen-bond donors (Lipinski definition) is 1. The highest BCUT2D eigenvalue weighted by molar-refractivity contribution is 6.33. The number of amides is 1. The Kier molecular flexibility index (Phi) is 5.29. The van der Waals surface area contributed by atoms with Crippen molar-refractivity contribution >= 4 is 23.2 Å². The second-order valence-electron chi connectivity index (χ2n) is 4.17. The Morgan fingerprint density at radius 3 is 2.71 bits per heavy atom. The molecule has 1 aromatic carbocycles. The van der Waals surface area contributed by atoms with Crippen molar-refractivity contribution in [3.8, 4) is 0 Å². The van der Waals surface area contributed by atoms with E-state index in [1.54, 1.807) is 23.1 Å². The summed E-state index contributed by atoms with van der Waals surface area (Å²) in [6.07, 6.45) is 3.32. The highest BCUT2D eigenvalue weighted by atomic mass is 35.5. The minimum Gasteiger partial charge on any atom is -0.398 e. The van der Waals surface area contributed by atoms with Gasteiger partial charge in [0.15, 0.2) is 0 Å². The Morgan fingerprint density at radius 2 is 2.12 bits per heavy atom. The molecule has 3 nitrogen and oxygen atoms in total. The maximum absolute atomic E-state index is 12.0. The number of halogens is 1. The van der Waals surface area contributed by atoms with Crippen molar-refractivity contribution in [2.45, 2.75) is 26.2 Å². The van der Waals surface area contributed by atoms with Crippen molar-refractivity contribution in [1.82, 2.24) is 4.90 Å². The summed E-state index contributed by atoms with van der Waals surface area (Å²) in [6, 6.07) is 4.99. The van der Waals surface area contributed by atoms with Crippen LogP contribution in [0.3, 0.4) is 0 Å². The summed E-state index contributed by atoms with van der Waals surface area (Å²) in [5.41, 5.74) is 6.69. The monoisotopic (exact) mass is 254 g/mol. The van der Waals surface area contributed by atoms with Gasteiger partial charge in [-0.25, -0.2) is 0 Å². The predicted octanol–water partition coefficient (Wildman–Crippen LogP) is 3.18. The zero-order chi connectivity index (χ0) is 12.8. The van der Waals surface area contributed by atoms with E-state index in [1.807, 2.05) is 7.05 Å². The van der Waals surface area contributed by atoms with Crippen molar-refractivity contribution in [3.05, 3.63) is 28.8 Å². The lowest BCUT2D eigenvalue weighted by Crippen LogP contribution is -2.27. The van der Waals surface area contributed by atoms with Crippen LogP contribution in [0.5, 0.6) is 0 Å². The number of nitrogens with two attached hydrogens (primary N) is 1. The van der Waals surface area contributed by atoms with Crippen molar-refractivity contribution in [1.29, 1.82) is 0 Å². The molecule has 1 aromatic rings. The Morgan fingerprint density at radius 1 is 1.41 bits per heavy atom. The molecule has 2 N–H and O–H groups in total. The Bertz CT molecular complexity index is 393. The van der Waals surface area contributed by atoms with E-state index in [2.05, 4.69) is 6.92 Å². The van der Waals surface area contributed by atoms with Gasteiger partial charge in [-0.3, -0.25) is 4.79 Å². The van der Waals surface area contributed by atoms with Crippen molar-refractivity contribution in [2.24, 2.45) is 0 Å². The van der Waals surface area contributed by atoms with E-state index < -0.39 is 0 Å². The van der Waals surface area contributed by atoms with E-state index in [9.17, 15) is 4.79 Å². The lowest BCUT2D eigenvalue weighted by molar-refractivity contribution is 0.0792. The summed E-state index contributed by atoms with van der Waals surface area (Å²) in [6.45, 7) is 2.91. The van der Waals surface area contributed by atoms with Crippen LogP contribution < -0.4 is 5.73 Å². The van der Waals surface area contributed by atoms with Gasteiger partial charge in [0.2, 0.25) is 0 Å². The highest BCUT2D eigenvalue weighted by Crippen LogP contribution is 2.20. The van der Waals surface area contributed by atoms with Crippen LogP contribution in [0, 0.1) is 0 Å². The number of nitrogen functional groups attached to an aromatic ring is 1. The third-order valence-electron chi connectivity index (χ3n) is 2.69. The van der Waals surface area contributed by atoms with Crippen LogP contribution in [0.2, 0.25) is 5.02 Å². The van der Waals surface area contributed by atoms with Crippen LogP contribution in [-0.2, 0) is 0 Å². The molecule has 0 aliphatic heterocycles. The molecule has 0 saturated heterocycles. The fourth-order valence-corrected chi connectivity index (χ4v) is 1.76. The molecule has 0 atom stereocenters. The average molecular weight is 255 g/mol. The van der Waals surface area contributed by atoms with Crippen molar-refractivity contribution in [3.63, 3.8) is 0 Å². The molecule has 0 aliphatic carbocycles. The molecule has 1 rings (SSSR count). The van der Waals surface area contributed by atoms with Crippen LogP contribution in [0.4, 0.5) is 5.69 Å². The van der Waals surface area contributed by atoms with Gasteiger partial charge in [0.25, 0.3) is 5.91 Å². The molecule has 1 amide bonds. The van der Waals surface area contributed by atoms with E-state index >= 15 is 0 Å². The summed E-state index contributed by atoms with van der Waals surface area (Å²) in [4.78, 5) is 13.7.